The quantitative estimate of drug-likeness (QED) is 0.671. The second-order valence-corrected chi connectivity index (χ2v) is 6.53. The van der Waals surface area contributed by atoms with Crippen molar-refractivity contribution in [2.24, 2.45) is 0 Å². The second kappa shape index (κ2) is 9.31. The summed E-state index contributed by atoms with van der Waals surface area (Å²) in [5.41, 5.74) is 5.04. The van der Waals surface area contributed by atoms with Gasteiger partial charge in [0.2, 0.25) is 0 Å². The molecule has 0 amide bonds. The third-order valence-corrected chi connectivity index (χ3v) is 4.67. The molecular weight excluding hydrogens is 342 g/mol. The lowest BCUT2D eigenvalue weighted by Crippen LogP contribution is -2.45. The third-order valence-electron chi connectivity index (χ3n) is 4.36. The number of hydrogen-bond donors (Lipinski definition) is 0. The van der Waals surface area contributed by atoms with E-state index in [0.29, 0.717) is 10.6 Å². The van der Waals surface area contributed by atoms with E-state index in [-0.39, 0.29) is 0 Å². The van der Waals surface area contributed by atoms with E-state index in [1.807, 2.05) is 32.9 Å². The smallest absolute Gasteiger partial charge is 0.101 e. The first-order chi connectivity index (χ1) is 12.6. The Morgan fingerprint density at radius 1 is 1.04 bits per heavy atom. The lowest BCUT2D eigenvalue weighted by molar-refractivity contribution is 0.615. The highest BCUT2D eigenvalue weighted by Gasteiger charge is 2.19. The van der Waals surface area contributed by atoms with Crippen LogP contribution in [-0.2, 0) is 0 Å². The Bertz CT molecular complexity index is 790. The van der Waals surface area contributed by atoms with Crippen LogP contribution in [0.1, 0.15) is 38.3 Å². The number of halogens is 1. The van der Waals surface area contributed by atoms with Gasteiger partial charge >= 0.3 is 0 Å². The van der Waals surface area contributed by atoms with Crippen LogP contribution in [0.3, 0.4) is 0 Å². The van der Waals surface area contributed by atoms with Crippen molar-refractivity contribution in [3.8, 4) is 6.07 Å². The first-order valence-electron chi connectivity index (χ1n) is 9.04. The van der Waals surface area contributed by atoms with Crippen LogP contribution in [0.25, 0.3) is 5.57 Å². The molecule has 0 bridgehead atoms. The van der Waals surface area contributed by atoms with Crippen molar-refractivity contribution in [1.29, 1.82) is 5.26 Å². The minimum atomic E-state index is 0.512. The molecule has 1 aliphatic heterocycles. The number of nitrogens with zero attached hydrogens (tertiary/aromatic N) is 3. The van der Waals surface area contributed by atoms with Gasteiger partial charge in [-0.1, -0.05) is 49.7 Å². The van der Waals surface area contributed by atoms with E-state index in [2.05, 4.69) is 46.7 Å². The summed E-state index contributed by atoms with van der Waals surface area (Å²) in [7, 11) is 0. The minimum Gasteiger partial charge on any atom is -0.354 e. The van der Waals surface area contributed by atoms with Crippen LogP contribution >= 0.6 is 11.6 Å². The first kappa shape index (κ1) is 19.9. The molecule has 1 fully saturated rings. The number of anilines is 2. The molecule has 3 rings (SSSR count). The summed E-state index contributed by atoms with van der Waals surface area (Å²) in [6.45, 7) is 12.8. The van der Waals surface area contributed by atoms with E-state index in [1.165, 1.54) is 11.3 Å². The zero-order valence-electron chi connectivity index (χ0n) is 15.8. The van der Waals surface area contributed by atoms with Crippen molar-refractivity contribution in [3.05, 3.63) is 65.2 Å². The second-order valence-electron chi connectivity index (χ2n) is 6.13. The standard InChI is InChI=1S/C20H20ClN3.C2H6/c1-15(2)16-4-7-18(8-5-16)23-10-3-11-24(14-23)19-9-6-17(13-22)20(21)12-19;1-2/h4-9,12H,1,3,10-11,14H2,2H3;1-2H3. The summed E-state index contributed by atoms with van der Waals surface area (Å²) < 4.78 is 0. The SMILES string of the molecule is C=C(C)c1ccc(N2CCCN(c3ccc(C#N)c(Cl)c3)C2)cc1.CC. The van der Waals surface area contributed by atoms with Gasteiger partial charge in [-0.25, -0.2) is 0 Å². The van der Waals surface area contributed by atoms with Crippen molar-refractivity contribution in [3.63, 3.8) is 0 Å². The fourth-order valence-corrected chi connectivity index (χ4v) is 3.19. The van der Waals surface area contributed by atoms with Gasteiger partial charge in [0, 0.05) is 24.5 Å². The molecule has 2 aromatic carbocycles. The van der Waals surface area contributed by atoms with E-state index < -0.39 is 0 Å². The molecule has 0 N–H and O–H groups in total. The molecule has 0 aliphatic carbocycles. The zero-order chi connectivity index (χ0) is 19.1. The Labute approximate surface area is 162 Å². The van der Waals surface area contributed by atoms with Crippen LogP contribution < -0.4 is 9.80 Å². The van der Waals surface area contributed by atoms with Gasteiger partial charge in [-0.3, -0.25) is 0 Å². The maximum absolute atomic E-state index is 9.01. The van der Waals surface area contributed by atoms with Crippen LogP contribution in [0.15, 0.2) is 49.0 Å². The van der Waals surface area contributed by atoms with Crippen LogP contribution in [0, 0.1) is 11.3 Å². The Hall–Kier alpha value is -2.44. The number of allylic oxidation sites excluding steroid dienone is 1. The van der Waals surface area contributed by atoms with Crippen molar-refractivity contribution >= 4 is 28.5 Å². The summed E-state index contributed by atoms with van der Waals surface area (Å²) >= 11 is 6.18. The Balaban J connectivity index is 0.00000117. The Morgan fingerprint density at radius 2 is 1.62 bits per heavy atom. The average molecular weight is 368 g/mol. The van der Waals surface area contributed by atoms with Crippen molar-refractivity contribution in [2.75, 3.05) is 29.6 Å². The van der Waals surface area contributed by atoms with E-state index in [4.69, 9.17) is 16.9 Å². The van der Waals surface area contributed by atoms with Crippen LogP contribution in [0.2, 0.25) is 5.02 Å². The Morgan fingerprint density at radius 3 is 2.15 bits per heavy atom. The average Bonchev–Trinajstić information content (AvgIpc) is 2.69. The lowest BCUT2D eigenvalue weighted by atomic mass is 10.1. The normalized spacial score (nSPS) is 13.5. The molecule has 26 heavy (non-hydrogen) atoms. The predicted octanol–water partition coefficient (Wildman–Crippen LogP) is 5.95. The highest BCUT2D eigenvalue weighted by atomic mass is 35.5. The topological polar surface area (TPSA) is 30.3 Å². The number of benzene rings is 2. The number of hydrogen-bond acceptors (Lipinski definition) is 3. The van der Waals surface area contributed by atoms with Crippen molar-refractivity contribution in [1.82, 2.24) is 0 Å². The van der Waals surface area contributed by atoms with Gasteiger partial charge in [-0.05, 0) is 49.2 Å². The maximum atomic E-state index is 9.01. The van der Waals surface area contributed by atoms with Crippen LogP contribution in [0.5, 0.6) is 0 Å². The van der Waals surface area contributed by atoms with E-state index in [9.17, 15) is 0 Å². The zero-order valence-corrected chi connectivity index (χ0v) is 16.6. The van der Waals surface area contributed by atoms with Gasteiger partial charge in [0.25, 0.3) is 0 Å². The molecule has 0 spiro atoms. The summed E-state index contributed by atoms with van der Waals surface area (Å²) in [4.78, 5) is 4.65. The van der Waals surface area contributed by atoms with Gasteiger partial charge < -0.3 is 9.80 Å². The molecule has 1 aliphatic rings. The summed E-state index contributed by atoms with van der Waals surface area (Å²) in [6, 6.07) is 16.3. The highest BCUT2D eigenvalue weighted by molar-refractivity contribution is 6.32. The van der Waals surface area contributed by atoms with E-state index in [0.717, 1.165) is 37.4 Å². The van der Waals surface area contributed by atoms with E-state index >= 15 is 0 Å². The summed E-state index contributed by atoms with van der Waals surface area (Å²) in [6.07, 6.45) is 1.08. The molecule has 0 aromatic heterocycles. The van der Waals surface area contributed by atoms with Gasteiger partial charge in [0.05, 0.1) is 17.3 Å². The lowest BCUT2D eigenvalue weighted by Gasteiger charge is -2.38. The fraction of sp³-hybridized carbons (Fsp3) is 0.318. The summed E-state index contributed by atoms with van der Waals surface area (Å²) in [5.74, 6) is 0. The highest BCUT2D eigenvalue weighted by Crippen LogP contribution is 2.27. The maximum Gasteiger partial charge on any atom is 0.101 e. The fourth-order valence-electron chi connectivity index (χ4n) is 2.97. The molecule has 4 heteroatoms. The molecule has 2 aromatic rings. The van der Waals surface area contributed by atoms with Crippen molar-refractivity contribution in [2.45, 2.75) is 27.2 Å². The number of nitriles is 1. The molecule has 3 nitrogen and oxygen atoms in total. The third kappa shape index (κ3) is 4.59. The van der Waals surface area contributed by atoms with Gasteiger partial charge in [-0.2, -0.15) is 5.26 Å². The first-order valence-corrected chi connectivity index (χ1v) is 9.42. The summed E-state index contributed by atoms with van der Waals surface area (Å²) in [5, 5.41) is 9.52. The van der Waals surface area contributed by atoms with Gasteiger partial charge in [0.1, 0.15) is 6.07 Å². The molecule has 0 unspecified atom stereocenters. The molecular formula is C22H26ClN3. The minimum absolute atomic E-state index is 0.512. The molecule has 136 valence electrons. The molecule has 0 saturated carbocycles. The molecule has 1 heterocycles. The largest absolute Gasteiger partial charge is 0.354 e. The van der Waals surface area contributed by atoms with Crippen LogP contribution in [0.4, 0.5) is 11.4 Å². The molecule has 0 radical (unpaired) electrons. The van der Waals surface area contributed by atoms with Gasteiger partial charge in [0.15, 0.2) is 0 Å². The monoisotopic (exact) mass is 367 g/mol. The molecule has 1 saturated heterocycles. The van der Waals surface area contributed by atoms with Crippen LogP contribution in [-0.4, -0.2) is 19.8 Å². The predicted molar refractivity (Wildman–Crippen MR) is 113 cm³/mol. The number of rotatable bonds is 3. The van der Waals surface area contributed by atoms with Gasteiger partial charge in [-0.15, -0.1) is 0 Å². The van der Waals surface area contributed by atoms with Crippen molar-refractivity contribution < 1.29 is 0 Å². The van der Waals surface area contributed by atoms with E-state index in [1.54, 1.807) is 6.07 Å². The molecule has 0 atom stereocenters. The Kier molecular flexibility index (Phi) is 7.12.